The highest BCUT2D eigenvalue weighted by atomic mass is 16.5. The van der Waals surface area contributed by atoms with Gasteiger partial charge in [0.15, 0.2) is 0 Å². The summed E-state index contributed by atoms with van der Waals surface area (Å²) in [6.07, 6.45) is 4.61. The Morgan fingerprint density at radius 2 is 2.38 bits per heavy atom. The van der Waals surface area contributed by atoms with Crippen LogP contribution in [0.3, 0.4) is 0 Å². The first-order chi connectivity index (χ1) is 6.40. The molecule has 1 aliphatic rings. The van der Waals surface area contributed by atoms with Gasteiger partial charge in [-0.1, -0.05) is 6.07 Å². The van der Waals surface area contributed by atoms with Crippen molar-refractivity contribution in [3.05, 3.63) is 36.2 Å². The van der Waals surface area contributed by atoms with Gasteiger partial charge in [-0.3, -0.25) is 0 Å². The Balaban J connectivity index is 2.32. The van der Waals surface area contributed by atoms with Gasteiger partial charge in [-0.05, 0) is 17.7 Å². The molecule has 1 aromatic carbocycles. The van der Waals surface area contributed by atoms with E-state index in [0.29, 0.717) is 6.42 Å². The fraction of sp³-hybridized carbons (Fsp3) is 0.100. The van der Waals surface area contributed by atoms with Crippen LogP contribution in [0.5, 0.6) is 5.75 Å². The predicted octanol–water partition coefficient (Wildman–Crippen LogP) is 1.70. The molecule has 66 valence electrons. The fourth-order valence-electron chi connectivity index (χ4n) is 1.24. The van der Waals surface area contributed by atoms with Crippen LogP contribution in [0.4, 0.5) is 5.69 Å². The van der Waals surface area contributed by atoms with E-state index in [4.69, 9.17) is 4.74 Å². The summed E-state index contributed by atoms with van der Waals surface area (Å²) in [5.74, 6) is 0.766. The number of rotatable bonds is 2. The summed E-state index contributed by atoms with van der Waals surface area (Å²) in [7, 11) is 0. The quantitative estimate of drug-likeness (QED) is 0.695. The highest BCUT2D eigenvalue weighted by Gasteiger charge is 2.05. The van der Waals surface area contributed by atoms with Crippen molar-refractivity contribution < 1.29 is 9.53 Å². The predicted molar refractivity (Wildman–Crippen MR) is 49.6 cm³/mol. The van der Waals surface area contributed by atoms with Crippen molar-refractivity contribution >= 4 is 12.0 Å². The van der Waals surface area contributed by atoms with E-state index in [9.17, 15) is 4.79 Å². The smallest absolute Gasteiger partial charge is 0.150 e. The molecular formula is C10H9NO2. The molecule has 1 N–H and O–H groups in total. The minimum Gasteiger partial charge on any atom is -0.461 e. The lowest BCUT2D eigenvalue weighted by molar-refractivity contribution is -0.107. The molecule has 0 aliphatic carbocycles. The van der Waals surface area contributed by atoms with Crippen LogP contribution in [-0.2, 0) is 11.2 Å². The number of benzene rings is 1. The second-order valence-electron chi connectivity index (χ2n) is 2.77. The van der Waals surface area contributed by atoms with Gasteiger partial charge in [0.2, 0.25) is 0 Å². The van der Waals surface area contributed by atoms with Crippen LogP contribution in [0.25, 0.3) is 0 Å². The van der Waals surface area contributed by atoms with Gasteiger partial charge in [0.25, 0.3) is 0 Å². The number of fused-ring (bicyclic) bond motifs is 1. The monoisotopic (exact) mass is 175 g/mol. The lowest BCUT2D eigenvalue weighted by atomic mass is 10.1. The molecule has 1 heterocycles. The number of aldehydes is 1. The van der Waals surface area contributed by atoms with Crippen LogP contribution in [0, 0.1) is 0 Å². The van der Waals surface area contributed by atoms with Gasteiger partial charge in [0.05, 0.1) is 5.69 Å². The molecule has 13 heavy (non-hydrogen) atoms. The molecule has 0 unspecified atom stereocenters. The van der Waals surface area contributed by atoms with Crippen molar-refractivity contribution in [3.63, 3.8) is 0 Å². The maximum Gasteiger partial charge on any atom is 0.150 e. The van der Waals surface area contributed by atoms with Gasteiger partial charge < -0.3 is 14.8 Å². The van der Waals surface area contributed by atoms with Crippen LogP contribution < -0.4 is 10.1 Å². The van der Waals surface area contributed by atoms with Crippen LogP contribution in [0.1, 0.15) is 5.56 Å². The van der Waals surface area contributed by atoms with Gasteiger partial charge in [-0.15, -0.1) is 0 Å². The summed E-state index contributed by atoms with van der Waals surface area (Å²) in [6, 6.07) is 5.67. The van der Waals surface area contributed by atoms with Crippen LogP contribution in [0.2, 0.25) is 0 Å². The standard InChI is InChI=1S/C10H9NO2/c12-5-3-8-1-2-9-10(7-8)13-6-4-11-9/h1-2,4-7,11H,3H2. The average Bonchev–Trinajstić information content (AvgIpc) is 2.18. The lowest BCUT2D eigenvalue weighted by Crippen LogP contribution is -2.00. The largest absolute Gasteiger partial charge is 0.461 e. The Labute approximate surface area is 76.0 Å². The maximum atomic E-state index is 10.3. The van der Waals surface area contributed by atoms with Crippen molar-refractivity contribution in [2.24, 2.45) is 0 Å². The molecule has 3 heteroatoms. The third-order valence-electron chi connectivity index (χ3n) is 1.87. The Bertz CT molecular complexity index is 358. The van der Waals surface area contributed by atoms with E-state index in [1.165, 1.54) is 0 Å². The first-order valence-electron chi connectivity index (χ1n) is 4.05. The van der Waals surface area contributed by atoms with Crippen molar-refractivity contribution in [1.82, 2.24) is 0 Å². The van der Waals surface area contributed by atoms with E-state index in [1.807, 2.05) is 18.2 Å². The molecule has 0 aromatic heterocycles. The van der Waals surface area contributed by atoms with Crippen molar-refractivity contribution in [2.75, 3.05) is 5.32 Å². The summed E-state index contributed by atoms with van der Waals surface area (Å²) in [5, 5.41) is 3.04. The molecule has 0 radical (unpaired) electrons. The zero-order valence-electron chi connectivity index (χ0n) is 6.99. The summed E-state index contributed by atoms with van der Waals surface area (Å²) in [6.45, 7) is 0. The number of hydrogen-bond donors (Lipinski definition) is 1. The lowest BCUT2D eigenvalue weighted by Gasteiger charge is -2.13. The highest BCUT2D eigenvalue weighted by Crippen LogP contribution is 2.28. The number of ether oxygens (including phenoxy) is 1. The summed E-state index contributed by atoms with van der Waals surface area (Å²) < 4.78 is 5.25. The minimum absolute atomic E-state index is 0.431. The first kappa shape index (κ1) is 7.86. The minimum atomic E-state index is 0.431. The number of anilines is 1. The molecule has 0 fully saturated rings. The van der Waals surface area contributed by atoms with E-state index < -0.39 is 0 Å². The Kier molecular flexibility index (Phi) is 2.00. The molecule has 0 saturated heterocycles. The summed E-state index contributed by atoms with van der Waals surface area (Å²) in [5.41, 5.74) is 1.89. The highest BCUT2D eigenvalue weighted by molar-refractivity contribution is 5.63. The van der Waals surface area contributed by atoms with E-state index in [1.54, 1.807) is 12.5 Å². The Morgan fingerprint density at radius 3 is 3.23 bits per heavy atom. The summed E-state index contributed by atoms with van der Waals surface area (Å²) in [4.78, 5) is 10.3. The normalized spacial score (nSPS) is 12.6. The summed E-state index contributed by atoms with van der Waals surface area (Å²) >= 11 is 0. The average molecular weight is 175 g/mol. The van der Waals surface area contributed by atoms with Crippen molar-refractivity contribution in [1.29, 1.82) is 0 Å². The third kappa shape index (κ3) is 1.54. The maximum absolute atomic E-state index is 10.3. The van der Waals surface area contributed by atoms with Crippen LogP contribution >= 0.6 is 0 Å². The van der Waals surface area contributed by atoms with Gasteiger partial charge in [0.1, 0.15) is 18.3 Å². The number of hydrogen-bond acceptors (Lipinski definition) is 3. The van der Waals surface area contributed by atoms with Gasteiger partial charge in [0, 0.05) is 12.6 Å². The topological polar surface area (TPSA) is 38.3 Å². The molecule has 2 rings (SSSR count). The van der Waals surface area contributed by atoms with Crippen LogP contribution in [0.15, 0.2) is 30.7 Å². The van der Waals surface area contributed by atoms with Gasteiger partial charge in [-0.2, -0.15) is 0 Å². The molecular weight excluding hydrogens is 166 g/mol. The Hall–Kier alpha value is -1.77. The molecule has 1 aliphatic heterocycles. The van der Waals surface area contributed by atoms with E-state index in [2.05, 4.69) is 5.32 Å². The SMILES string of the molecule is O=CCc1ccc2c(c1)OC=CN2. The van der Waals surface area contributed by atoms with E-state index >= 15 is 0 Å². The molecule has 1 aromatic rings. The first-order valence-corrected chi connectivity index (χ1v) is 4.05. The molecule has 0 saturated carbocycles. The second-order valence-corrected chi connectivity index (χ2v) is 2.77. The molecule has 3 nitrogen and oxygen atoms in total. The molecule has 0 atom stereocenters. The number of nitrogens with one attached hydrogen (secondary N) is 1. The van der Waals surface area contributed by atoms with Gasteiger partial charge >= 0.3 is 0 Å². The Morgan fingerprint density at radius 1 is 1.46 bits per heavy atom. The molecule has 0 amide bonds. The van der Waals surface area contributed by atoms with Crippen molar-refractivity contribution in [3.8, 4) is 5.75 Å². The second kappa shape index (κ2) is 3.31. The van der Waals surface area contributed by atoms with E-state index in [-0.39, 0.29) is 0 Å². The van der Waals surface area contributed by atoms with E-state index in [0.717, 1.165) is 23.3 Å². The molecule has 0 spiro atoms. The third-order valence-corrected chi connectivity index (χ3v) is 1.87. The van der Waals surface area contributed by atoms with Crippen molar-refractivity contribution in [2.45, 2.75) is 6.42 Å². The fourth-order valence-corrected chi connectivity index (χ4v) is 1.24. The number of carbonyl (C=O) groups excluding carboxylic acids is 1. The van der Waals surface area contributed by atoms with Crippen LogP contribution in [-0.4, -0.2) is 6.29 Å². The zero-order valence-corrected chi connectivity index (χ0v) is 6.99. The molecule has 0 bridgehead atoms. The number of carbonyl (C=O) groups is 1. The zero-order chi connectivity index (χ0) is 9.10. The van der Waals surface area contributed by atoms with Gasteiger partial charge in [-0.25, -0.2) is 0 Å².